The fourth-order valence-electron chi connectivity index (χ4n) is 12.1. The molecule has 0 N–H and O–H groups in total. The van der Waals surface area contributed by atoms with Crippen molar-refractivity contribution >= 4 is 70.0 Å². The van der Waals surface area contributed by atoms with Crippen LogP contribution in [-0.2, 0) is 0 Å². The van der Waals surface area contributed by atoms with Crippen molar-refractivity contribution in [3.63, 3.8) is 0 Å². The Bertz CT molecular complexity index is 3940. The highest BCUT2D eigenvalue weighted by atomic mass is 14.3. The standard InChI is InChI=1S/C72H62.3C2H6/c1-8-11-33-57-49(7)65(51-27-15-12-16-28-51)70-58-44-42-54(56(48(58)6)34-21-24-37-62(70)66(57)52-29-17-13-18-30-52)46(4)40-41-47(5)55-43-45-64-69-59(55)38-25-39-63(69)71-68(53-31-19-14-20-32-53)61-36-23-22-35-60(61)67(72(64)71)50(10-3)26-9-2;3*1-2/h8-15,17-21,24-27,29-45H,7,16,22-23,28H2,1-6H3;3*1-2H3/b11-8-,26-9-,34-21-,37-24?,46-40+,47-41+,50-10+,57-33+;;;. The van der Waals surface area contributed by atoms with E-state index >= 15 is 0 Å². The lowest BCUT2D eigenvalue weighted by atomic mass is 9.79. The lowest BCUT2D eigenvalue weighted by molar-refractivity contribution is 1.05. The van der Waals surface area contributed by atoms with Crippen LogP contribution in [0, 0.1) is 6.92 Å². The number of hydrogen-bond acceptors (Lipinski definition) is 0. The summed E-state index contributed by atoms with van der Waals surface area (Å²) in [5.74, 6) is 0. The van der Waals surface area contributed by atoms with Gasteiger partial charge in [0, 0.05) is 0 Å². The van der Waals surface area contributed by atoms with Gasteiger partial charge in [0.15, 0.2) is 0 Å². The number of fused-ring (bicyclic) bond motifs is 8. The zero-order chi connectivity index (χ0) is 55.5. The molecule has 0 atom stereocenters. The fourth-order valence-corrected chi connectivity index (χ4v) is 12.1. The van der Waals surface area contributed by atoms with Gasteiger partial charge in [-0.05, 0) is 216 Å². The molecule has 0 aliphatic heterocycles. The molecule has 0 radical (unpaired) electrons. The molecule has 392 valence electrons. The van der Waals surface area contributed by atoms with E-state index in [0.717, 1.165) is 30.9 Å². The molecule has 0 saturated heterocycles. The van der Waals surface area contributed by atoms with Crippen molar-refractivity contribution in [3.05, 3.63) is 236 Å². The summed E-state index contributed by atoms with van der Waals surface area (Å²) in [5, 5.41) is 7.61. The lowest BCUT2D eigenvalue weighted by Gasteiger charge is -2.24. The average molecular weight is 1020 g/mol. The van der Waals surface area contributed by atoms with Crippen molar-refractivity contribution in [2.24, 2.45) is 0 Å². The van der Waals surface area contributed by atoms with E-state index in [4.69, 9.17) is 6.58 Å². The first-order chi connectivity index (χ1) is 38.3. The van der Waals surface area contributed by atoms with Crippen LogP contribution >= 0.6 is 0 Å². The van der Waals surface area contributed by atoms with Gasteiger partial charge in [0.25, 0.3) is 0 Å². The van der Waals surface area contributed by atoms with E-state index in [1.807, 2.05) is 41.5 Å². The van der Waals surface area contributed by atoms with Crippen LogP contribution in [0.5, 0.6) is 0 Å². The predicted octanol–water partition coefficient (Wildman–Crippen LogP) is 20.3. The minimum Gasteiger partial charge on any atom is -0.0905 e. The molecule has 2 bridgehead atoms. The Morgan fingerprint density at radius 1 is 0.538 bits per heavy atom. The molecule has 7 aromatic carbocycles. The topological polar surface area (TPSA) is 0 Å². The van der Waals surface area contributed by atoms with Gasteiger partial charge in [-0.2, -0.15) is 0 Å². The highest BCUT2D eigenvalue weighted by Crippen LogP contribution is 2.53. The summed E-state index contributed by atoms with van der Waals surface area (Å²) in [5.41, 5.74) is 26.8. The molecule has 0 fully saturated rings. The van der Waals surface area contributed by atoms with E-state index in [0.29, 0.717) is 0 Å². The fraction of sp³-hybridized carbons (Fsp3) is 0.205. The lowest BCUT2D eigenvalue weighted by Crippen LogP contribution is -2.33. The molecule has 0 aromatic heterocycles. The summed E-state index contributed by atoms with van der Waals surface area (Å²) >= 11 is 0. The predicted molar refractivity (Wildman–Crippen MR) is 352 cm³/mol. The molecule has 11 rings (SSSR count). The Kier molecular flexibility index (Phi) is 18.6. The molecule has 0 amide bonds. The summed E-state index contributed by atoms with van der Waals surface area (Å²) in [6.07, 6.45) is 42.9. The molecule has 78 heavy (non-hydrogen) atoms. The molecule has 4 aliphatic carbocycles. The second-order valence-electron chi connectivity index (χ2n) is 19.6. The molecule has 0 heteroatoms. The first kappa shape index (κ1) is 56.2. The largest absolute Gasteiger partial charge is 0.0905 e. The van der Waals surface area contributed by atoms with Crippen molar-refractivity contribution in [1.29, 1.82) is 0 Å². The van der Waals surface area contributed by atoms with Crippen LogP contribution in [0.3, 0.4) is 0 Å². The molecule has 0 saturated carbocycles. The zero-order valence-electron chi connectivity index (χ0n) is 48.7. The second kappa shape index (κ2) is 25.9. The Labute approximate surface area is 467 Å². The van der Waals surface area contributed by atoms with Gasteiger partial charge in [-0.1, -0.05) is 255 Å². The minimum absolute atomic E-state index is 0.980. The van der Waals surface area contributed by atoms with Crippen molar-refractivity contribution < 1.29 is 0 Å². The number of rotatable bonds is 9. The number of allylic oxidation sites excluding steroid dienone is 16. The Balaban J connectivity index is 0.00000129. The van der Waals surface area contributed by atoms with Crippen LogP contribution in [-0.4, -0.2) is 0 Å². The zero-order valence-corrected chi connectivity index (χ0v) is 48.7. The molecule has 0 nitrogen and oxygen atoms in total. The second-order valence-corrected chi connectivity index (χ2v) is 19.6. The summed E-state index contributed by atoms with van der Waals surface area (Å²) < 4.78 is 0. The van der Waals surface area contributed by atoms with Gasteiger partial charge >= 0.3 is 0 Å². The summed E-state index contributed by atoms with van der Waals surface area (Å²) in [6.45, 7) is 30.2. The minimum atomic E-state index is 0.980. The number of benzene rings is 7. The van der Waals surface area contributed by atoms with E-state index in [1.165, 1.54) is 143 Å². The maximum absolute atomic E-state index is 4.90. The maximum atomic E-state index is 4.90. The first-order valence-electron chi connectivity index (χ1n) is 28.9. The highest BCUT2D eigenvalue weighted by Gasteiger charge is 2.31. The monoisotopic (exact) mass is 1020 g/mol. The maximum Gasteiger partial charge on any atom is -0.000753 e. The van der Waals surface area contributed by atoms with Crippen LogP contribution in [0.1, 0.15) is 141 Å². The van der Waals surface area contributed by atoms with Gasteiger partial charge in [0.1, 0.15) is 0 Å². The third-order valence-corrected chi connectivity index (χ3v) is 15.4. The first-order valence-corrected chi connectivity index (χ1v) is 28.9. The van der Waals surface area contributed by atoms with Crippen molar-refractivity contribution in [2.45, 2.75) is 109 Å². The van der Waals surface area contributed by atoms with E-state index in [9.17, 15) is 0 Å². The third-order valence-electron chi connectivity index (χ3n) is 15.4. The van der Waals surface area contributed by atoms with Crippen LogP contribution in [0.25, 0.3) is 126 Å². The molecule has 7 aromatic rings. The molecule has 0 spiro atoms. The highest BCUT2D eigenvalue weighted by molar-refractivity contribution is 6.22. The Hall–Kier alpha value is -8.06. The van der Waals surface area contributed by atoms with E-state index in [2.05, 4.69) is 248 Å². The van der Waals surface area contributed by atoms with Crippen LogP contribution in [0.15, 0.2) is 176 Å². The average Bonchev–Trinajstić information content (AvgIpc) is 3.24. The van der Waals surface area contributed by atoms with Crippen LogP contribution in [0.2, 0.25) is 0 Å². The summed E-state index contributed by atoms with van der Waals surface area (Å²) in [7, 11) is 0. The van der Waals surface area contributed by atoms with E-state index in [-0.39, 0.29) is 0 Å². The van der Waals surface area contributed by atoms with Crippen molar-refractivity contribution in [1.82, 2.24) is 0 Å². The van der Waals surface area contributed by atoms with Gasteiger partial charge in [-0.3, -0.25) is 0 Å². The SMILES string of the molecule is C=c1c(C2=CC=CCC2)c2c(c(-c3ccccc3)/c1=C/C=C\C)C=C/C=C\c1c(/C(C)=C/C=C(\C)c3ccc4c5c(cccc35)-c3c-4c(C(/C=C\C)=C/C)c4c(c3-c3ccccc3)=CCCC=4)ccc-2c1C.CC.CC.CC. The quantitative estimate of drug-likeness (QED) is 0.126. The normalized spacial score (nSPS) is 14.7. The van der Waals surface area contributed by atoms with Crippen LogP contribution < -0.4 is 20.9 Å². The van der Waals surface area contributed by atoms with Gasteiger partial charge < -0.3 is 0 Å². The van der Waals surface area contributed by atoms with Gasteiger partial charge in [-0.15, -0.1) is 0 Å². The van der Waals surface area contributed by atoms with Gasteiger partial charge in [-0.25, -0.2) is 0 Å². The van der Waals surface area contributed by atoms with E-state index < -0.39 is 0 Å². The summed E-state index contributed by atoms with van der Waals surface area (Å²) in [6, 6.07) is 38.4. The van der Waals surface area contributed by atoms with Gasteiger partial charge in [0.05, 0.1) is 0 Å². The van der Waals surface area contributed by atoms with Crippen LogP contribution in [0.4, 0.5) is 0 Å². The molecule has 4 aliphatic rings. The van der Waals surface area contributed by atoms with Crippen molar-refractivity contribution in [3.8, 4) is 55.6 Å². The van der Waals surface area contributed by atoms with Gasteiger partial charge in [0.2, 0.25) is 0 Å². The smallest absolute Gasteiger partial charge is 0.000753 e. The molecule has 0 unspecified atom stereocenters. The molecular formula is C78H80. The van der Waals surface area contributed by atoms with E-state index in [1.54, 1.807) is 0 Å². The molecule has 0 heterocycles. The third kappa shape index (κ3) is 10.3. The Morgan fingerprint density at radius 3 is 1.79 bits per heavy atom. The molecular weight excluding hydrogens is 937 g/mol. The van der Waals surface area contributed by atoms with Crippen molar-refractivity contribution in [2.75, 3.05) is 0 Å². The summed E-state index contributed by atoms with van der Waals surface area (Å²) in [4.78, 5) is 0. The number of hydrogen-bond donors (Lipinski definition) is 0. The Morgan fingerprint density at radius 2 is 1.15 bits per heavy atom.